The highest BCUT2D eigenvalue weighted by Crippen LogP contribution is 2.28. The van der Waals surface area contributed by atoms with E-state index in [1.54, 1.807) is 48.5 Å². The lowest BCUT2D eigenvalue weighted by atomic mass is 9.81. The van der Waals surface area contributed by atoms with Crippen molar-refractivity contribution in [3.8, 4) is 11.6 Å². The van der Waals surface area contributed by atoms with E-state index in [4.69, 9.17) is 16.2 Å². The molecule has 1 fully saturated rings. The molecule has 12 nitrogen and oxygen atoms in total. The van der Waals surface area contributed by atoms with Gasteiger partial charge in [-0.05, 0) is 87.0 Å². The molecule has 6 N–H and O–H groups in total. The molecule has 230 valence electrons. The molecule has 1 amide bonds. The molecule has 1 aliphatic carbocycles. The third-order valence-corrected chi connectivity index (χ3v) is 7.00. The third-order valence-electron chi connectivity index (χ3n) is 7.00. The molecule has 13 heteroatoms. The molecule has 2 aromatic carbocycles. The normalized spacial score (nSPS) is 16.3. The summed E-state index contributed by atoms with van der Waals surface area (Å²) >= 11 is 0. The number of carbonyl (C=O) groups is 3. The van der Waals surface area contributed by atoms with Gasteiger partial charge in [0.2, 0.25) is 11.8 Å². The number of carbonyl (C=O) groups excluding carboxylic acids is 2. The van der Waals surface area contributed by atoms with Gasteiger partial charge in [0.1, 0.15) is 18.0 Å². The van der Waals surface area contributed by atoms with Gasteiger partial charge in [0.05, 0.1) is 4.92 Å². The predicted octanol–water partition coefficient (Wildman–Crippen LogP) is 4.55. The summed E-state index contributed by atoms with van der Waals surface area (Å²) in [5.74, 6) is -0.339. The highest BCUT2D eigenvalue weighted by atomic mass is 35.5. The minimum atomic E-state index is -1.09. The van der Waals surface area contributed by atoms with Crippen molar-refractivity contribution in [2.24, 2.45) is 17.6 Å². The van der Waals surface area contributed by atoms with Crippen LogP contribution in [0.4, 0.5) is 11.4 Å². The zero-order valence-corrected chi connectivity index (χ0v) is 24.5. The molecule has 0 aliphatic heterocycles. The lowest BCUT2D eigenvalue weighted by Gasteiger charge is -2.27. The largest absolute Gasteiger partial charge is 0.480 e. The number of hydrogen-bond donors (Lipinski definition) is 4. The van der Waals surface area contributed by atoms with Crippen molar-refractivity contribution in [2.75, 3.05) is 12.3 Å². The summed E-state index contributed by atoms with van der Waals surface area (Å²) in [5.41, 5.74) is 13.1. The van der Waals surface area contributed by atoms with Crippen LogP contribution in [-0.4, -0.2) is 45.3 Å². The molecule has 3 aromatic rings. The molecule has 0 unspecified atom stereocenters. The number of nitro groups is 1. The Kier molecular flexibility index (Phi) is 13.5. The van der Waals surface area contributed by atoms with Gasteiger partial charge < -0.3 is 26.6 Å². The van der Waals surface area contributed by atoms with Gasteiger partial charge in [0.15, 0.2) is 5.78 Å². The van der Waals surface area contributed by atoms with Crippen LogP contribution in [0.25, 0.3) is 0 Å². The third kappa shape index (κ3) is 11.0. The summed E-state index contributed by atoms with van der Waals surface area (Å²) in [6.45, 7) is 2.15. The maximum atomic E-state index is 12.5. The van der Waals surface area contributed by atoms with Crippen LogP contribution in [0.1, 0.15) is 48.5 Å². The number of rotatable bonds is 10. The van der Waals surface area contributed by atoms with Crippen LogP contribution in [0.5, 0.6) is 11.6 Å². The van der Waals surface area contributed by atoms with Crippen LogP contribution in [0.15, 0.2) is 66.9 Å². The number of amides is 1. The van der Waals surface area contributed by atoms with Gasteiger partial charge in [0.25, 0.3) is 5.69 Å². The van der Waals surface area contributed by atoms with E-state index in [1.807, 2.05) is 0 Å². The summed E-state index contributed by atoms with van der Waals surface area (Å²) < 4.78 is 5.55. The Bertz CT molecular complexity index is 1360. The molecule has 0 radical (unpaired) electrons. The van der Waals surface area contributed by atoms with E-state index in [1.165, 1.54) is 19.1 Å². The lowest BCUT2D eigenvalue weighted by molar-refractivity contribution is -0.385. The van der Waals surface area contributed by atoms with E-state index in [2.05, 4.69) is 10.3 Å². The van der Waals surface area contributed by atoms with E-state index in [-0.39, 0.29) is 48.0 Å². The van der Waals surface area contributed by atoms with Crippen molar-refractivity contribution in [2.45, 2.75) is 45.1 Å². The number of pyridine rings is 1. The van der Waals surface area contributed by atoms with Gasteiger partial charge in [-0.15, -0.1) is 12.4 Å². The monoisotopic (exact) mass is 613 g/mol. The number of Topliss-reactive ketones (excluding diaryl/α,β-unsaturated/α-hetero) is 1. The second kappa shape index (κ2) is 16.8. The fraction of sp³-hybridized carbons (Fsp3) is 0.333. The number of nitrogens with one attached hydrogen (secondary N) is 1. The maximum absolute atomic E-state index is 12.5. The molecule has 43 heavy (non-hydrogen) atoms. The second-order valence-corrected chi connectivity index (χ2v) is 10.1. The SMILES string of the molecule is CC(=O)c1ccc(N)cc1.Cl.NCC1CCC(C(=O)N[C@@H](Cc2ccc(Oc3ccc([N+](=O)[O-])cn3)cc2)C(=O)O)CC1. The highest BCUT2D eigenvalue weighted by molar-refractivity contribution is 5.94. The first kappa shape index (κ1) is 34.7. The number of nitrogens with zero attached hydrogens (tertiary/aromatic N) is 2. The lowest BCUT2D eigenvalue weighted by Crippen LogP contribution is -2.45. The van der Waals surface area contributed by atoms with Crippen molar-refractivity contribution in [3.63, 3.8) is 0 Å². The van der Waals surface area contributed by atoms with Crippen LogP contribution in [0.3, 0.4) is 0 Å². The van der Waals surface area contributed by atoms with E-state index >= 15 is 0 Å². The van der Waals surface area contributed by atoms with Crippen LogP contribution >= 0.6 is 12.4 Å². The van der Waals surface area contributed by atoms with Crippen LogP contribution in [0.2, 0.25) is 0 Å². The fourth-order valence-corrected chi connectivity index (χ4v) is 4.46. The number of carboxylic acid groups (broad SMARTS) is 1. The Hall–Kier alpha value is -4.55. The number of nitrogens with two attached hydrogens (primary N) is 2. The number of hydrogen-bond acceptors (Lipinski definition) is 9. The minimum Gasteiger partial charge on any atom is -0.480 e. The predicted molar refractivity (Wildman–Crippen MR) is 163 cm³/mol. The van der Waals surface area contributed by atoms with Crippen LogP contribution < -0.4 is 21.5 Å². The van der Waals surface area contributed by atoms with Crippen molar-refractivity contribution < 1.29 is 29.2 Å². The number of carboxylic acids is 1. The number of ether oxygens (including phenoxy) is 1. The quantitative estimate of drug-likeness (QED) is 0.109. The first-order valence-electron chi connectivity index (χ1n) is 13.5. The Morgan fingerprint density at radius 3 is 2.16 bits per heavy atom. The molecular weight excluding hydrogens is 578 g/mol. The summed E-state index contributed by atoms with van der Waals surface area (Å²) in [4.78, 5) is 49.0. The van der Waals surface area contributed by atoms with Crippen molar-refractivity contribution in [3.05, 3.63) is 88.1 Å². The molecular formula is C30H36ClN5O7. The molecule has 1 saturated carbocycles. The summed E-state index contributed by atoms with van der Waals surface area (Å²) in [5, 5.41) is 22.9. The number of aliphatic carboxylic acids is 1. The van der Waals surface area contributed by atoms with Crippen LogP contribution in [-0.2, 0) is 16.0 Å². The molecule has 1 aliphatic rings. The van der Waals surface area contributed by atoms with Gasteiger partial charge in [-0.1, -0.05) is 12.1 Å². The van der Waals surface area contributed by atoms with Gasteiger partial charge in [0, 0.05) is 35.7 Å². The number of ketones is 1. The number of anilines is 1. The average molecular weight is 614 g/mol. The zero-order chi connectivity index (χ0) is 30.6. The van der Waals surface area contributed by atoms with Crippen molar-refractivity contribution >= 4 is 41.4 Å². The van der Waals surface area contributed by atoms with E-state index in [0.717, 1.165) is 31.9 Å². The minimum absolute atomic E-state index is 0. The fourth-order valence-electron chi connectivity index (χ4n) is 4.46. The van der Waals surface area contributed by atoms with Gasteiger partial charge in [-0.25, -0.2) is 9.78 Å². The first-order valence-corrected chi connectivity index (χ1v) is 13.5. The number of halogens is 1. The molecule has 1 aromatic heterocycles. The summed E-state index contributed by atoms with van der Waals surface area (Å²) in [6.07, 6.45) is 4.46. The topological polar surface area (TPSA) is 201 Å². The Morgan fingerprint density at radius 1 is 1.05 bits per heavy atom. The summed E-state index contributed by atoms with van der Waals surface area (Å²) in [7, 11) is 0. The number of nitrogen functional groups attached to an aromatic ring is 1. The standard InChI is InChI=1S/C22H26N4O6.C8H9NO.ClH/c23-12-15-1-5-16(6-2-15)21(27)25-19(22(28)29)11-14-3-8-18(9-4-14)32-20-10-7-17(13-24-20)26(30)31;1-6(10)7-2-4-8(9)5-3-7;/h3-4,7-10,13,15-16,19H,1-2,5-6,11-12,23H2,(H,25,27)(H,28,29);2-5H,9H2,1H3;1H/t15?,16?,19-;;/m0../s1. The summed E-state index contributed by atoms with van der Waals surface area (Å²) in [6, 6.07) is 15.2. The Labute approximate surface area is 255 Å². The Morgan fingerprint density at radius 2 is 1.67 bits per heavy atom. The maximum Gasteiger partial charge on any atom is 0.326 e. The van der Waals surface area contributed by atoms with Crippen molar-refractivity contribution in [1.82, 2.24) is 10.3 Å². The smallest absolute Gasteiger partial charge is 0.326 e. The average Bonchev–Trinajstić information content (AvgIpc) is 2.98. The van der Waals surface area contributed by atoms with E-state index < -0.39 is 16.9 Å². The molecule has 0 spiro atoms. The number of aromatic nitrogens is 1. The highest BCUT2D eigenvalue weighted by Gasteiger charge is 2.29. The van der Waals surface area contributed by atoms with Crippen molar-refractivity contribution in [1.29, 1.82) is 0 Å². The van der Waals surface area contributed by atoms with Crippen LogP contribution in [0, 0.1) is 22.0 Å². The molecule has 0 saturated heterocycles. The molecule has 4 rings (SSSR count). The molecule has 1 heterocycles. The molecule has 0 bridgehead atoms. The number of benzene rings is 2. The molecule has 1 atom stereocenters. The van der Waals surface area contributed by atoms with E-state index in [0.29, 0.717) is 35.0 Å². The van der Waals surface area contributed by atoms with Gasteiger partial charge in [-0.2, -0.15) is 0 Å². The van der Waals surface area contributed by atoms with E-state index in [9.17, 15) is 29.6 Å². The second-order valence-electron chi connectivity index (χ2n) is 10.1. The van der Waals surface area contributed by atoms with Gasteiger partial charge in [-0.3, -0.25) is 19.7 Å². The zero-order valence-electron chi connectivity index (χ0n) is 23.7. The Balaban J connectivity index is 0.000000498. The first-order chi connectivity index (χ1) is 20.0. The van der Waals surface area contributed by atoms with Gasteiger partial charge >= 0.3 is 5.97 Å².